The Kier molecular flexibility index (Phi) is 6.40. The minimum atomic E-state index is -1.12. The van der Waals surface area contributed by atoms with Crippen LogP contribution in [0.2, 0.25) is 5.02 Å². The summed E-state index contributed by atoms with van der Waals surface area (Å²) in [6.45, 7) is 0. The molecule has 1 amide bonds. The van der Waals surface area contributed by atoms with E-state index < -0.39 is 23.7 Å². The molecule has 5 nitrogen and oxygen atoms in total. The lowest BCUT2D eigenvalue weighted by molar-refractivity contribution is -0.150. The first-order valence-electron chi connectivity index (χ1n) is 8.51. The molecule has 0 saturated heterocycles. The molecule has 3 rings (SSSR count). The number of nitriles is 1. The Morgan fingerprint density at radius 1 is 1.21 bits per heavy atom. The highest BCUT2D eigenvalue weighted by atomic mass is 35.5. The van der Waals surface area contributed by atoms with Crippen LogP contribution < -0.4 is 5.32 Å². The molecule has 1 heterocycles. The molecular formula is C21H17ClN2O3S. The van der Waals surface area contributed by atoms with Crippen LogP contribution in [-0.4, -0.2) is 19.0 Å². The van der Waals surface area contributed by atoms with Crippen LogP contribution in [0.5, 0.6) is 0 Å². The van der Waals surface area contributed by atoms with Gasteiger partial charge in [-0.15, -0.1) is 11.8 Å². The molecule has 0 radical (unpaired) electrons. The van der Waals surface area contributed by atoms with Gasteiger partial charge >= 0.3 is 5.97 Å². The predicted octanol–water partition coefficient (Wildman–Crippen LogP) is 4.01. The van der Waals surface area contributed by atoms with Gasteiger partial charge in [0, 0.05) is 16.7 Å². The summed E-state index contributed by atoms with van der Waals surface area (Å²) < 4.78 is 4.83. The van der Waals surface area contributed by atoms with Crippen molar-refractivity contribution in [2.45, 2.75) is 11.7 Å². The molecule has 1 aliphatic rings. The second kappa shape index (κ2) is 8.96. The van der Waals surface area contributed by atoms with Gasteiger partial charge in [0.25, 0.3) is 0 Å². The van der Waals surface area contributed by atoms with E-state index in [1.54, 1.807) is 18.2 Å². The zero-order valence-corrected chi connectivity index (χ0v) is 16.6. The summed E-state index contributed by atoms with van der Waals surface area (Å²) in [6, 6.07) is 18.6. The van der Waals surface area contributed by atoms with E-state index in [0.29, 0.717) is 26.9 Å². The number of benzene rings is 2. The standard InChI is InChI=1S/C21H17ClN2O3S/c1-27-21(26)18-17(13-7-3-2-4-8-13)15(11-23)20(24-19(18)25)28-12-14-9-5-6-10-16(14)22/h2-10,17-18H,12H2,1H3,(H,24,25)/t17-,18-/m0/s1. The van der Waals surface area contributed by atoms with Crippen LogP contribution in [0.1, 0.15) is 17.0 Å². The summed E-state index contributed by atoms with van der Waals surface area (Å²) in [6.07, 6.45) is 0. The van der Waals surface area contributed by atoms with Gasteiger partial charge in [0.2, 0.25) is 5.91 Å². The summed E-state index contributed by atoms with van der Waals surface area (Å²) in [5.41, 5.74) is 1.93. The third kappa shape index (κ3) is 4.06. The molecule has 1 aliphatic heterocycles. The number of carbonyl (C=O) groups is 2. The number of carbonyl (C=O) groups excluding carboxylic acids is 2. The second-order valence-corrected chi connectivity index (χ2v) is 7.51. The summed E-state index contributed by atoms with van der Waals surface area (Å²) in [5, 5.41) is 13.6. The van der Waals surface area contributed by atoms with Gasteiger partial charge in [-0.05, 0) is 17.2 Å². The molecule has 28 heavy (non-hydrogen) atoms. The number of hydrogen-bond acceptors (Lipinski definition) is 5. The van der Waals surface area contributed by atoms with E-state index in [9.17, 15) is 14.9 Å². The van der Waals surface area contributed by atoms with Crippen LogP contribution in [0.4, 0.5) is 0 Å². The molecule has 2 aromatic rings. The molecular weight excluding hydrogens is 396 g/mol. The zero-order valence-electron chi connectivity index (χ0n) is 15.0. The van der Waals surface area contributed by atoms with Crippen molar-refractivity contribution in [3.8, 4) is 6.07 Å². The van der Waals surface area contributed by atoms with Crippen LogP contribution in [0.3, 0.4) is 0 Å². The van der Waals surface area contributed by atoms with E-state index in [-0.39, 0.29) is 0 Å². The summed E-state index contributed by atoms with van der Waals surface area (Å²) in [5.74, 6) is -2.51. The maximum Gasteiger partial charge on any atom is 0.319 e. The lowest BCUT2D eigenvalue weighted by Gasteiger charge is -2.31. The van der Waals surface area contributed by atoms with Crippen LogP contribution >= 0.6 is 23.4 Å². The number of nitrogens with one attached hydrogen (secondary N) is 1. The van der Waals surface area contributed by atoms with E-state index >= 15 is 0 Å². The monoisotopic (exact) mass is 412 g/mol. The summed E-state index contributed by atoms with van der Waals surface area (Å²) in [4.78, 5) is 25.0. The first-order valence-corrected chi connectivity index (χ1v) is 9.87. The fourth-order valence-corrected chi connectivity index (χ4v) is 4.44. The fourth-order valence-electron chi connectivity index (χ4n) is 3.11. The van der Waals surface area contributed by atoms with Gasteiger partial charge in [-0.3, -0.25) is 9.59 Å². The largest absolute Gasteiger partial charge is 0.468 e. The highest BCUT2D eigenvalue weighted by Crippen LogP contribution is 2.41. The summed E-state index contributed by atoms with van der Waals surface area (Å²) in [7, 11) is 1.23. The van der Waals surface area contributed by atoms with Gasteiger partial charge in [0.1, 0.15) is 5.92 Å². The molecule has 1 N–H and O–H groups in total. The smallest absolute Gasteiger partial charge is 0.319 e. The van der Waals surface area contributed by atoms with E-state index in [0.717, 1.165) is 5.56 Å². The molecule has 0 spiro atoms. The number of nitrogens with zero attached hydrogens (tertiary/aromatic N) is 1. The quantitative estimate of drug-likeness (QED) is 0.592. The van der Waals surface area contributed by atoms with Crippen molar-refractivity contribution in [1.82, 2.24) is 5.32 Å². The number of ether oxygens (including phenoxy) is 1. The van der Waals surface area contributed by atoms with E-state index in [4.69, 9.17) is 16.3 Å². The van der Waals surface area contributed by atoms with Crippen LogP contribution in [-0.2, 0) is 20.1 Å². The van der Waals surface area contributed by atoms with Crippen molar-refractivity contribution in [3.63, 3.8) is 0 Å². The highest BCUT2D eigenvalue weighted by molar-refractivity contribution is 8.02. The molecule has 0 aliphatic carbocycles. The molecule has 0 fully saturated rings. The first-order chi connectivity index (χ1) is 13.6. The maximum absolute atomic E-state index is 12.7. The summed E-state index contributed by atoms with van der Waals surface area (Å²) >= 11 is 7.52. The third-order valence-corrected chi connectivity index (χ3v) is 5.91. The molecule has 2 atom stereocenters. The fraction of sp³-hybridized carbons (Fsp3) is 0.190. The Morgan fingerprint density at radius 2 is 1.89 bits per heavy atom. The molecule has 2 aromatic carbocycles. The topological polar surface area (TPSA) is 79.2 Å². The van der Waals surface area contributed by atoms with Crippen LogP contribution in [0.15, 0.2) is 65.2 Å². The van der Waals surface area contributed by atoms with Crippen LogP contribution in [0, 0.1) is 17.2 Å². The molecule has 0 aromatic heterocycles. The number of thioether (sulfide) groups is 1. The van der Waals surface area contributed by atoms with Gasteiger partial charge in [-0.1, -0.05) is 60.1 Å². The van der Waals surface area contributed by atoms with Crippen molar-refractivity contribution in [3.05, 3.63) is 81.3 Å². The minimum absolute atomic E-state index is 0.332. The van der Waals surface area contributed by atoms with Gasteiger partial charge in [0.15, 0.2) is 0 Å². The zero-order chi connectivity index (χ0) is 20.1. The van der Waals surface area contributed by atoms with Crippen molar-refractivity contribution >= 4 is 35.2 Å². The third-order valence-electron chi connectivity index (χ3n) is 4.47. The Bertz CT molecular complexity index is 969. The average molecular weight is 413 g/mol. The maximum atomic E-state index is 12.7. The lowest BCUT2D eigenvalue weighted by Crippen LogP contribution is -2.44. The number of halogens is 1. The van der Waals surface area contributed by atoms with Crippen molar-refractivity contribution in [1.29, 1.82) is 5.26 Å². The Morgan fingerprint density at radius 3 is 2.54 bits per heavy atom. The Hall–Kier alpha value is -2.75. The molecule has 0 unspecified atom stereocenters. The number of amides is 1. The van der Waals surface area contributed by atoms with E-state index in [1.807, 2.05) is 36.4 Å². The van der Waals surface area contributed by atoms with Gasteiger partial charge in [-0.25, -0.2) is 0 Å². The minimum Gasteiger partial charge on any atom is -0.468 e. The van der Waals surface area contributed by atoms with Gasteiger partial charge in [0.05, 0.1) is 23.8 Å². The SMILES string of the molecule is COC(=O)[C@@H]1C(=O)NC(SCc2ccccc2Cl)=C(C#N)[C@@H]1c1ccccc1. The lowest BCUT2D eigenvalue weighted by atomic mass is 9.78. The van der Waals surface area contributed by atoms with Crippen molar-refractivity contribution in [2.24, 2.45) is 5.92 Å². The van der Waals surface area contributed by atoms with Crippen molar-refractivity contribution < 1.29 is 14.3 Å². The van der Waals surface area contributed by atoms with E-state index in [1.165, 1.54) is 18.9 Å². The molecule has 0 saturated carbocycles. The number of hydrogen-bond donors (Lipinski definition) is 1. The Balaban J connectivity index is 2.01. The second-order valence-electron chi connectivity index (χ2n) is 6.11. The van der Waals surface area contributed by atoms with Gasteiger partial charge in [-0.2, -0.15) is 5.26 Å². The van der Waals surface area contributed by atoms with Crippen molar-refractivity contribution in [2.75, 3.05) is 7.11 Å². The van der Waals surface area contributed by atoms with Gasteiger partial charge < -0.3 is 10.1 Å². The predicted molar refractivity (Wildman–Crippen MR) is 108 cm³/mol. The molecule has 0 bridgehead atoms. The molecule has 7 heteroatoms. The number of rotatable bonds is 5. The van der Waals surface area contributed by atoms with E-state index in [2.05, 4.69) is 11.4 Å². The normalized spacial score (nSPS) is 19.0. The number of allylic oxidation sites excluding steroid dienone is 1. The number of methoxy groups -OCH3 is 1. The highest BCUT2D eigenvalue weighted by Gasteiger charge is 2.44. The molecule has 142 valence electrons. The first kappa shape index (κ1) is 20.0. The van der Waals surface area contributed by atoms with Crippen LogP contribution in [0.25, 0.3) is 0 Å². The average Bonchev–Trinajstić information content (AvgIpc) is 2.72. The number of esters is 1. The Labute approximate surface area is 172 Å².